The van der Waals surface area contributed by atoms with E-state index in [-0.39, 0.29) is 11.9 Å². The van der Waals surface area contributed by atoms with E-state index in [0.717, 1.165) is 10.0 Å². The SMILES string of the molecule is COc1ccc(F)cc1C(Cc1cccc(Br)c1)NN. The maximum Gasteiger partial charge on any atom is 0.123 e. The molecule has 1 unspecified atom stereocenters. The smallest absolute Gasteiger partial charge is 0.123 e. The molecule has 0 spiro atoms. The Kier molecular flexibility index (Phi) is 5.11. The van der Waals surface area contributed by atoms with Crippen LogP contribution in [0.4, 0.5) is 4.39 Å². The predicted molar refractivity (Wildman–Crippen MR) is 80.9 cm³/mol. The van der Waals surface area contributed by atoms with Crippen molar-refractivity contribution in [2.75, 3.05) is 7.11 Å². The minimum atomic E-state index is -0.310. The fourth-order valence-corrected chi connectivity index (χ4v) is 2.58. The van der Waals surface area contributed by atoms with Crippen LogP contribution in [0.1, 0.15) is 17.2 Å². The van der Waals surface area contributed by atoms with E-state index in [2.05, 4.69) is 21.4 Å². The van der Waals surface area contributed by atoms with Gasteiger partial charge in [-0.1, -0.05) is 28.1 Å². The topological polar surface area (TPSA) is 47.3 Å². The quantitative estimate of drug-likeness (QED) is 0.649. The van der Waals surface area contributed by atoms with Gasteiger partial charge in [-0.05, 0) is 42.3 Å². The minimum Gasteiger partial charge on any atom is -0.496 e. The van der Waals surface area contributed by atoms with Crippen LogP contribution < -0.4 is 16.0 Å². The van der Waals surface area contributed by atoms with E-state index in [9.17, 15) is 4.39 Å². The lowest BCUT2D eigenvalue weighted by molar-refractivity contribution is 0.397. The lowest BCUT2D eigenvalue weighted by Crippen LogP contribution is -2.30. The first-order chi connectivity index (χ1) is 9.63. The zero-order valence-corrected chi connectivity index (χ0v) is 12.7. The van der Waals surface area contributed by atoms with E-state index in [1.54, 1.807) is 13.2 Å². The molecule has 0 aliphatic carbocycles. The molecule has 0 aromatic heterocycles. The van der Waals surface area contributed by atoms with E-state index >= 15 is 0 Å². The summed E-state index contributed by atoms with van der Waals surface area (Å²) in [5.74, 6) is 5.93. The van der Waals surface area contributed by atoms with Crippen LogP contribution in [0.2, 0.25) is 0 Å². The molecular weight excluding hydrogens is 323 g/mol. The maximum atomic E-state index is 13.5. The number of methoxy groups -OCH3 is 1. The molecule has 0 bridgehead atoms. The first kappa shape index (κ1) is 15.0. The van der Waals surface area contributed by atoms with Gasteiger partial charge in [-0.15, -0.1) is 0 Å². The fourth-order valence-electron chi connectivity index (χ4n) is 2.14. The average Bonchev–Trinajstić information content (AvgIpc) is 2.45. The highest BCUT2D eigenvalue weighted by atomic mass is 79.9. The van der Waals surface area contributed by atoms with Crippen molar-refractivity contribution in [3.63, 3.8) is 0 Å². The van der Waals surface area contributed by atoms with E-state index in [1.807, 2.05) is 24.3 Å². The highest BCUT2D eigenvalue weighted by Gasteiger charge is 2.16. The zero-order chi connectivity index (χ0) is 14.5. The van der Waals surface area contributed by atoms with Crippen molar-refractivity contribution < 1.29 is 9.13 Å². The summed E-state index contributed by atoms with van der Waals surface area (Å²) in [5, 5.41) is 0. The molecule has 0 amide bonds. The standard InChI is InChI=1S/C15H16BrFN2O/c1-20-15-6-5-12(17)9-13(15)14(19-18)8-10-3-2-4-11(16)7-10/h2-7,9,14,19H,8,18H2,1H3. The molecule has 106 valence electrons. The first-order valence-corrected chi connectivity index (χ1v) is 6.97. The summed E-state index contributed by atoms with van der Waals surface area (Å²) >= 11 is 3.43. The third-order valence-corrected chi connectivity index (χ3v) is 3.59. The van der Waals surface area contributed by atoms with Crippen molar-refractivity contribution in [3.8, 4) is 5.75 Å². The maximum absolute atomic E-state index is 13.5. The van der Waals surface area contributed by atoms with Gasteiger partial charge in [0, 0.05) is 10.0 Å². The molecule has 20 heavy (non-hydrogen) atoms. The molecule has 0 aliphatic rings. The number of rotatable bonds is 5. The molecule has 5 heteroatoms. The predicted octanol–water partition coefficient (Wildman–Crippen LogP) is 3.34. The van der Waals surface area contributed by atoms with E-state index in [0.29, 0.717) is 17.7 Å². The van der Waals surface area contributed by atoms with Crippen LogP contribution >= 0.6 is 15.9 Å². The number of hydrazine groups is 1. The van der Waals surface area contributed by atoms with Gasteiger partial charge >= 0.3 is 0 Å². The minimum absolute atomic E-state index is 0.227. The van der Waals surface area contributed by atoms with Crippen LogP contribution in [0.25, 0.3) is 0 Å². The Labute approximate surface area is 126 Å². The van der Waals surface area contributed by atoms with Crippen LogP contribution in [-0.2, 0) is 6.42 Å². The van der Waals surface area contributed by atoms with Gasteiger partial charge in [0.15, 0.2) is 0 Å². The number of nitrogens with two attached hydrogens (primary N) is 1. The normalized spacial score (nSPS) is 12.2. The number of hydrogen-bond acceptors (Lipinski definition) is 3. The van der Waals surface area contributed by atoms with Crippen molar-refractivity contribution in [1.29, 1.82) is 0 Å². The number of nitrogens with one attached hydrogen (secondary N) is 1. The van der Waals surface area contributed by atoms with Gasteiger partial charge in [0.25, 0.3) is 0 Å². The van der Waals surface area contributed by atoms with Crippen LogP contribution in [0, 0.1) is 5.82 Å². The number of benzene rings is 2. The third-order valence-electron chi connectivity index (χ3n) is 3.10. The van der Waals surface area contributed by atoms with Crippen molar-refractivity contribution in [1.82, 2.24) is 5.43 Å². The zero-order valence-electron chi connectivity index (χ0n) is 11.1. The highest BCUT2D eigenvalue weighted by molar-refractivity contribution is 9.10. The van der Waals surface area contributed by atoms with Gasteiger partial charge in [0.05, 0.1) is 13.2 Å². The van der Waals surface area contributed by atoms with Crippen LogP contribution in [-0.4, -0.2) is 7.11 Å². The van der Waals surface area contributed by atoms with Crippen molar-refractivity contribution >= 4 is 15.9 Å². The molecule has 0 saturated carbocycles. The molecule has 0 fully saturated rings. The lowest BCUT2D eigenvalue weighted by Gasteiger charge is -2.19. The van der Waals surface area contributed by atoms with Gasteiger partial charge < -0.3 is 4.74 Å². The molecule has 1 atom stereocenters. The van der Waals surface area contributed by atoms with Gasteiger partial charge in [-0.2, -0.15) is 0 Å². The molecule has 0 aliphatic heterocycles. The highest BCUT2D eigenvalue weighted by Crippen LogP contribution is 2.28. The van der Waals surface area contributed by atoms with Gasteiger partial charge in [-0.25, -0.2) is 4.39 Å². The number of ether oxygens (including phenoxy) is 1. The summed E-state index contributed by atoms with van der Waals surface area (Å²) in [6.07, 6.45) is 0.635. The second-order valence-corrected chi connectivity index (χ2v) is 5.36. The van der Waals surface area contributed by atoms with Gasteiger partial charge in [-0.3, -0.25) is 11.3 Å². The van der Waals surface area contributed by atoms with Gasteiger partial charge in [0.1, 0.15) is 11.6 Å². The van der Waals surface area contributed by atoms with E-state index in [1.165, 1.54) is 12.1 Å². The van der Waals surface area contributed by atoms with E-state index in [4.69, 9.17) is 10.6 Å². The van der Waals surface area contributed by atoms with Crippen LogP contribution in [0.3, 0.4) is 0 Å². The molecule has 2 rings (SSSR count). The number of hydrogen-bond donors (Lipinski definition) is 2. The Morgan fingerprint density at radius 3 is 2.75 bits per heavy atom. The van der Waals surface area contributed by atoms with Gasteiger partial charge in [0.2, 0.25) is 0 Å². The van der Waals surface area contributed by atoms with E-state index < -0.39 is 0 Å². The molecule has 0 heterocycles. The fraction of sp³-hybridized carbons (Fsp3) is 0.200. The summed E-state index contributed by atoms with van der Waals surface area (Å²) < 4.78 is 19.7. The second kappa shape index (κ2) is 6.83. The Balaban J connectivity index is 2.30. The Bertz CT molecular complexity index is 592. The van der Waals surface area contributed by atoms with Crippen LogP contribution in [0.5, 0.6) is 5.75 Å². The summed E-state index contributed by atoms with van der Waals surface area (Å²) in [6.45, 7) is 0. The summed E-state index contributed by atoms with van der Waals surface area (Å²) in [7, 11) is 1.56. The molecule has 2 aromatic carbocycles. The summed E-state index contributed by atoms with van der Waals surface area (Å²) in [5.41, 5.74) is 4.52. The Morgan fingerprint density at radius 1 is 1.30 bits per heavy atom. The van der Waals surface area contributed by atoms with Crippen LogP contribution in [0.15, 0.2) is 46.9 Å². The third kappa shape index (κ3) is 3.56. The molecular formula is C15H16BrFN2O. The molecule has 3 N–H and O–H groups in total. The molecule has 3 nitrogen and oxygen atoms in total. The lowest BCUT2D eigenvalue weighted by atomic mass is 9.98. The van der Waals surface area contributed by atoms with Crippen molar-refractivity contribution in [3.05, 3.63) is 63.9 Å². The molecule has 0 saturated heterocycles. The first-order valence-electron chi connectivity index (χ1n) is 6.18. The average molecular weight is 339 g/mol. The second-order valence-electron chi connectivity index (χ2n) is 4.44. The van der Waals surface area contributed by atoms with Crippen molar-refractivity contribution in [2.24, 2.45) is 5.84 Å². The number of halogens is 2. The largest absolute Gasteiger partial charge is 0.496 e. The monoisotopic (exact) mass is 338 g/mol. The summed E-state index contributed by atoms with van der Waals surface area (Å²) in [6, 6.07) is 12.1. The Hall–Kier alpha value is -1.43. The Morgan fingerprint density at radius 2 is 2.10 bits per heavy atom. The molecule has 0 radical (unpaired) electrons. The summed E-state index contributed by atoms with van der Waals surface area (Å²) in [4.78, 5) is 0. The molecule has 2 aromatic rings. The van der Waals surface area contributed by atoms with Crippen molar-refractivity contribution in [2.45, 2.75) is 12.5 Å².